The van der Waals surface area contributed by atoms with Crippen LogP contribution in [-0.2, 0) is 20.7 Å². The van der Waals surface area contributed by atoms with E-state index in [2.05, 4.69) is 0 Å². The van der Waals surface area contributed by atoms with Gasteiger partial charge in [-0.1, -0.05) is 12.1 Å². The van der Waals surface area contributed by atoms with Gasteiger partial charge in [-0.05, 0) is 24.6 Å². The number of amides is 1. The molecule has 0 unspecified atom stereocenters. The second kappa shape index (κ2) is 7.32. The van der Waals surface area contributed by atoms with E-state index in [4.69, 9.17) is 15.2 Å². The van der Waals surface area contributed by atoms with Gasteiger partial charge in [-0.3, -0.25) is 9.59 Å². The Balaban J connectivity index is 2.37. The van der Waals surface area contributed by atoms with Crippen LogP contribution >= 0.6 is 0 Å². The lowest BCUT2D eigenvalue weighted by atomic mass is 10.1. The molecule has 0 spiro atoms. The van der Waals surface area contributed by atoms with Crippen molar-refractivity contribution in [1.82, 2.24) is 0 Å². The van der Waals surface area contributed by atoms with E-state index in [1.165, 1.54) is 0 Å². The van der Waals surface area contributed by atoms with E-state index >= 15 is 0 Å². The summed E-state index contributed by atoms with van der Waals surface area (Å²) in [5.41, 5.74) is 5.77. The van der Waals surface area contributed by atoms with Gasteiger partial charge in [-0.25, -0.2) is 0 Å². The average molecular weight is 251 g/mol. The van der Waals surface area contributed by atoms with Gasteiger partial charge in [-0.2, -0.15) is 0 Å². The summed E-state index contributed by atoms with van der Waals surface area (Å²) in [5, 5.41) is 0. The third-order valence-electron chi connectivity index (χ3n) is 2.19. The molecule has 0 bridgehead atoms. The van der Waals surface area contributed by atoms with Crippen LogP contribution in [-0.4, -0.2) is 25.1 Å². The minimum absolute atomic E-state index is 0.0329. The van der Waals surface area contributed by atoms with E-state index in [0.717, 1.165) is 11.3 Å². The highest BCUT2D eigenvalue weighted by atomic mass is 16.5. The lowest BCUT2D eigenvalue weighted by Gasteiger charge is -2.05. The fraction of sp³-hybridized carbons (Fsp3) is 0.385. The van der Waals surface area contributed by atoms with Crippen LogP contribution in [0.1, 0.15) is 18.9 Å². The van der Waals surface area contributed by atoms with E-state index in [1.54, 1.807) is 24.3 Å². The fourth-order valence-electron chi connectivity index (χ4n) is 1.35. The Morgan fingerprint density at radius 3 is 2.44 bits per heavy atom. The third-order valence-corrected chi connectivity index (χ3v) is 2.19. The molecule has 0 aliphatic carbocycles. The van der Waals surface area contributed by atoms with Gasteiger partial charge < -0.3 is 15.2 Å². The maximum absolute atomic E-state index is 11.4. The molecule has 98 valence electrons. The highest BCUT2D eigenvalue weighted by Gasteiger charge is 2.05. The smallest absolute Gasteiger partial charge is 0.310 e. The highest BCUT2D eigenvalue weighted by molar-refractivity contribution is 5.75. The predicted octanol–water partition coefficient (Wildman–Crippen LogP) is 1.05. The van der Waals surface area contributed by atoms with Crippen molar-refractivity contribution in [2.24, 2.45) is 5.73 Å². The number of hydrogen-bond acceptors (Lipinski definition) is 4. The molecule has 0 aliphatic rings. The largest absolute Gasteiger partial charge is 0.494 e. The molecule has 0 aliphatic heterocycles. The minimum atomic E-state index is -0.483. The van der Waals surface area contributed by atoms with Crippen molar-refractivity contribution in [3.05, 3.63) is 29.8 Å². The number of ether oxygens (including phenoxy) is 2. The predicted molar refractivity (Wildman–Crippen MR) is 66.1 cm³/mol. The van der Waals surface area contributed by atoms with E-state index in [-0.39, 0.29) is 25.4 Å². The summed E-state index contributed by atoms with van der Waals surface area (Å²) in [6, 6.07) is 7.21. The maximum Gasteiger partial charge on any atom is 0.310 e. The number of carbonyl (C=O) groups excluding carboxylic acids is 2. The molecule has 1 aromatic rings. The Hall–Kier alpha value is -2.04. The number of carbonyl (C=O) groups is 2. The van der Waals surface area contributed by atoms with Gasteiger partial charge in [0.05, 0.1) is 19.4 Å². The van der Waals surface area contributed by atoms with Crippen molar-refractivity contribution in [3.63, 3.8) is 0 Å². The monoisotopic (exact) mass is 251 g/mol. The zero-order chi connectivity index (χ0) is 13.4. The first-order valence-corrected chi connectivity index (χ1v) is 5.77. The van der Waals surface area contributed by atoms with Gasteiger partial charge in [0.1, 0.15) is 12.4 Å². The molecule has 2 N–H and O–H groups in total. The van der Waals surface area contributed by atoms with E-state index in [0.29, 0.717) is 6.61 Å². The zero-order valence-electron chi connectivity index (χ0n) is 10.3. The molecule has 5 nitrogen and oxygen atoms in total. The zero-order valence-corrected chi connectivity index (χ0v) is 10.3. The molecule has 0 saturated carbocycles. The average Bonchev–Trinajstić information content (AvgIpc) is 2.31. The second-order valence-electron chi connectivity index (χ2n) is 3.69. The Morgan fingerprint density at radius 2 is 1.89 bits per heavy atom. The summed E-state index contributed by atoms with van der Waals surface area (Å²) in [5.74, 6) is -0.0902. The number of rotatable bonds is 7. The lowest BCUT2D eigenvalue weighted by molar-refractivity contribution is -0.143. The second-order valence-corrected chi connectivity index (χ2v) is 3.69. The Kier molecular flexibility index (Phi) is 5.70. The van der Waals surface area contributed by atoms with Crippen molar-refractivity contribution in [2.75, 3.05) is 13.2 Å². The standard InChI is InChI=1S/C13H17NO4/c1-2-17-11-5-3-10(4-6-11)9-13(16)18-8-7-12(14)15/h3-6H,2,7-9H2,1H3,(H2,14,15). The number of benzene rings is 1. The van der Waals surface area contributed by atoms with Gasteiger partial charge in [0.15, 0.2) is 0 Å². The van der Waals surface area contributed by atoms with Crippen LogP contribution in [0.4, 0.5) is 0 Å². The van der Waals surface area contributed by atoms with Crippen LogP contribution in [0.15, 0.2) is 24.3 Å². The van der Waals surface area contributed by atoms with Crippen molar-refractivity contribution >= 4 is 11.9 Å². The summed E-state index contributed by atoms with van der Waals surface area (Å²) in [6.07, 6.45) is 0.222. The first kappa shape index (κ1) is 14.0. The molecule has 0 fully saturated rings. The van der Waals surface area contributed by atoms with Crippen molar-refractivity contribution in [3.8, 4) is 5.75 Å². The summed E-state index contributed by atoms with van der Waals surface area (Å²) < 4.78 is 10.2. The molecule has 18 heavy (non-hydrogen) atoms. The van der Waals surface area contributed by atoms with Crippen LogP contribution in [0.5, 0.6) is 5.75 Å². The van der Waals surface area contributed by atoms with Crippen LogP contribution in [0.25, 0.3) is 0 Å². The van der Waals surface area contributed by atoms with Gasteiger partial charge in [-0.15, -0.1) is 0 Å². The van der Waals surface area contributed by atoms with E-state index in [1.807, 2.05) is 6.92 Å². The lowest BCUT2D eigenvalue weighted by Crippen LogP contribution is -2.16. The topological polar surface area (TPSA) is 78.6 Å². The Bertz CT molecular complexity index is 400. The molecule has 0 heterocycles. The highest BCUT2D eigenvalue weighted by Crippen LogP contribution is 2.12. The quantitative estimate of drug-likeness (QED) is 0.734. The number of esters is 1. The SMILES string of the molecule is CCOc1ccc(CC(=O)OCCC(N)=O)cc1. The molecule has 1 aromatic carbocycles. The first-order valence-electron chi connectivity index (χ1n) is 5.77. The molecule has 5 heteroatoms. The first-order chi connectivity index (χ1) is 8.61. The van der Waals surface area contributed by atoms with Gasteiger partial charge >= 0.3 is 5.97 Å². The molecule has 0 atom stereocenters. The maximum atomic E-state index is 11.4. The molecule has 1 rings (SSSR count). The summed E-state index contributed by atoms with van der Waals surface area (Å²) in [4.78, 5) is 21.9. The van der Waals surface area contributed by atoms with Gasteiger partial charge in [0.25, 0.3) is 0 Å². The Morgan fingerprint density at radius 1 is 1.22 bits per heavy atom. The molecule has 0 radical (unpaired) electrons. The van der Waals surface area contributed by atoms with Crippen molar-refractivity contribution in [2.45, 2.75) is 19.8 Å². The van der Waals surface area contributed by atoms with Crippen LogP contribution in [0.3, 0.4) is 0 Å². The van der Waals surface area contributed by atoms with Crippen LogP contribution < -0.4 is 10.5 Å². The van der Waals surface area contributed by atoms with Gasteiger partial charge in [0, 0.05) is 0 Å². The molecule has 1 amide bonds. The minimum Gasteiger partial charge on any atom is -0.494 e. The number of hydrogen-bond donors (Lipinski definition) is 1. The Labute approximate surface area is 106 Å². The number of primary amides is 1. The van der Waals surface area contributed by atoms with Crippen molar-refractivity contribution in [1.29, 1.82) is 0 Å². The van der Waals surface area contributed by atoms with Gasteiger partial charge in [0.2, 0.25) is 5.91 Å². The fourth-order valence-corrected chi connectivity index (χ4v) is 1.35. The molecular formula is C13H17NO4. The van der Waals surface area contributed by atoms with E-state index in [9.17, 15) is 9.59 Å². The molecular weight excluding hydrogens is 234 g/mol. The molecule has 0 aromatic heterocycles. The van der Waals surface area contributed by atoms with Crippen LogP contribution in [0.2, 0.25) is 0 Å². The van der Waals surface area contributed by atoms with E-state index < -0.39 is 5.91 Å². The molecule has 0 saturated heterocycles. The van der Waals surface area contributed by atoms with Crippen molar-refractivity contribution < 1.29 is 19.1 Å². The number of nitrogens with two attached hydrogens (primary N) is 1. The summed E-state index contributed by atoms with van der Waals surface area (Å²) in [6.45, 7) is 2.55. The summed E-state index contributed by atoms with van der Waals surface area (Å²) in [7, 11) is 0. The van der Waals surface area contributed by atoms with Crippen LogP contribution in [0, 0.1) is 0 Å². The normalized spacial score (nSPS) is 9.83. The summed E-state index contributed by atoms with van der Waals surface area (Å²) >= 11 is 0. The third kappa shape index (κ3) is 5.34.